The number of carbonyl (C=O) groups excluding carboxylic acids is 1. The van der Waals surface area contributed by atoms with Gasteiger partial charge in [0, 0.05) is 38.2 Å². The van der Waals surface area contributed by atoms with Crippen LogP contribution in [0.2, 0.25) is 0 Å². The monoisotopic (exact) mass is 398 g/mol. The summed E-state index contributed by atoms with van der Waals surface area (Å²) in [5, 5.41) is 5.93. The fourth-order valence-corrected chi connectivity index (χ4v) is 2.24. The molecule has 0 aromatic heterocycles. The summed E-state index contributed by atoms with van der Waals surface area (Å²) in [5.74, 6) is 0.768. The maximum atomic E-state index is 11.6. The summed E-state index contributed by atoms with van der Waals surface area (Å²) in [6.07, 6.45) is -0.414. The lowest BCUT2D eigenvalue weighted by Gasteiger charge is -2.23. The molecule has 6 nitrogen and oxygen atoms in total. The molecule has 0 atom stereocenters. The Morgan fingerprint density at radius 3 is 2.33 bits per heavy atom. The van der Waals surface area contributed by atoms with Gasteiger partial charge < -0.3 is 20.3 Å². The van der Waals surface area contributed by atoms with E-state index in [0.717, 1.165) is 17.0 Å². The van der Waals surface area contributed by atoms with Crippen molar-refractivity contribution >= 4 is 28.0 Å². The minimum absolute atomic E-state index is 0.414. The van der Waals surface area contributed by atoms with Gasteiger partial charge in [-0.05, 0) is 38.5 Å². The molecule has 134 valence electrons. The van der Waals surface area contributed by atoms with E-state index in [4.69, 9.17) is 4.74 Å². The van der Waals surface area contributed by atoms with Crippen molar-refractivity contribution in [2.45, 2.75) is 32.9 Å². The first-order chi connectivity index (χ1) is 11.2. The van der Waals surface area contributed by atoms with Gasteiger partial charge in [-0.1, -0.05) is 28.1 Å². The molecule has 2 N–H and O–H groups in total. The quantitative estimate of drug-likeness (QED) is 0.454. The normalized spacial score (nSPS) is 11.8. The van der Waals surface area contributed by atoms with Crippen LogP contribution in [0, 0.1) is 0 Å². The number of carbonyl (C=O) groups is 1. The Labute approximate surface area is 152 Å². The highest BCUT2D eigenvalue weighted by molar-refractivity contribution is 9.10. The number of rotatable bonds is 5. The van der Waals surface area contributed by atoms with Crippen molar-refractivity contribution in [2.75, 3.05) is 27.2 Å². The molecule has 7 heteroatoms. The van der Waals surface area contributed by atoms with E-state index in [1.807, 2.05) is 44.9 Å². The largest absolute Gasteiger partial charge is 0.444 e. The molecule has 0 heterocycles. The lowest BCUT2D eigenvalue weighted by atomic mass is 10.2. The molecule has 1 aromatic rings. The number of alkyl carbamates (subject to hydrolysis) is 1. The van der Waals surface area contributed by atoms with Crippen LogP contribution in [0.15, 0.2) is 33.7 Å². The zero-order valence-corrected chi connectivity index (χ0v) is 16.6. The minimum atomic E-state index is -0.488. The Balaban J connectivity index is 2.36. The van der Waals surface area contributed by atoms with Gasteiger partial charge in [0.15, 0.2) is 5.96 Å². The highest BCUT2D eigenvalue weighted by atomic mass is 79.9. The first-order valence-corrected chi connectivity index (χ1v) is 8.63. The summed E-state index contributed by atoms with van der Waals surface area (Å²) >= 11 is 3.43. The van der Waals surface area contributed by atoms with Crippen molar-refractivity contribution < 1.29 is 9.53 Å². The topological polar surface area (TPSA) is 66.0 Å². The fraction of sp³-hybridized carbons (Fsp3) is 0.529. The van der Waals surface area contributed by atoms with Crippen LogP contribution in [-0.2, 0) is 11.3 Å². The number of amides is 1. The lowest BCUT2D eigenvalue weighted by molar-refractivity contribution is 0.0529. The van der Waals surface area contributed by atoms with E-state index in [1.165, 1.54) is 5.56 Å². The average Bonchev–Trinajstić information content (AvgIpc) is 2.47. The van der Waals surface area contributed by atoms with E-state index in [-0.39, 0.29) is 0 Å². The highest BCUT2D eigenvalue weighted by Crippen LogP contribution is 2.11. The van der Waals surface area contributed by atoms with E-state index in [0.29, 0.717) is 13.1 Å². The van der Waals surface area contributed by atoms with Gasteiger partial charge in [0.2, 0.25) is 0 Å². The predicted molar refractivity (Wildman–Crippen MR) is 101 cm³/mol. The molecule has 24 heavy (non-hydrogen) atoms. The van der Waals surface area contributed by atoms with Crippen LogP contribution in [0.4, 0.5) is 4.79 Å². The Morgan fingerprint density at radius 2 is 1.79 bits per heavy atom. The van der Waals surface area contributed by atoms with Gasteiger partial charge in [-0.3, -0.25) is 4.99 Å². The SMILES string of the molecule is CN=C(NCCNC(=O)OC(C)(C)C)N(C)Cc1ccc(Br)cc1. The molecular weight excluding hydrogens is 372 g/mol. The molecule has 0 spiro atoms. The number of ether oxygens (including phenoxy) is 1. The summed E-state index contributed by atoms with van der Waals surface area (Å²) in [5.41, 5.74) is 0.703. The molecule has 0 radical (unpaired) electrons. The Morgan fingerprint density at radius 1 is 1.21 bits per heavy atom. The predicted octanol–water partition coefficient (Wildman–Crippen LogP) is 2.98. The molecule has 0 aliphatic heterocycles. The third-order valence-electron chi connectivity index (χ3n) is 2.98. The maximum absolute atomic E-state index is 11.6. The summed E-state index contributed by atoms with van der Waals surface area (Å²) in [6.45, 7) is 7.28. The van der Waals surface area contributed by atoms with Crippen LogP contribution in [0.25, 0.3) is 0 Å². The fourth-order valence-electron chi connectivity index (χ4n) is 1.98. The molecule has 0 bridgehead atoms. The van der Waals surface area contributed by atoms with Crippen LogP contribution in [-0.4, -0.2) is 49.7 Å². The average molecular weight is 399 g/mol. The second-order valence-corrected chi connectivity index (χ2v) is 7.30. The Kier molecular flexibility index (Phi) is 8.04. The third kappa shape index (κ3) is 8.19. The van der Waals surface area contributed by atoms with E-state index in [9.17, 15) is 4.79 Å². The molecule has 0 fully saturated rings. The number of nitrogens with one attached hydrogen (secondary N) is 2. The van der Waals surface area contributed by atoms with Crippen molar-refractivity contribution in [3.63, 3.8) is 0 Å². The van der Waals surface area contributed by atoms with Crippen molar-refractivity contribution in [3.8, 4) is 0 Å². The molecule has 0 aliphatic rings. The van der Waals surface area contributed by atoms with E-state index < -0.39 is 11.7 Å². The molecule has 1 rings (SSSR count). The van der Waals surface area contributed by atoms with Crippen molar-refractivity contribution in [1.82, 2.24) is 15.5 Å². The van der Waals surface area contributed by atoms with E-state index in [2.05, 4.69) is 43.7 Å². The third-order valence-corrected chi connectivity index (χ3v) is 3.51. The second kappa shape index (κ2) is 9.52. The molecule has 1 aromatic carbocycles. The van der Waals surface area contributed by atoms with Crippen LogP contribution >= 0.6 is 15.9 Å². The van der Waals surface area contributed by atoms with Crippen molar-refractivity contribution in [2.24, 2.45) is 4.99 Å². The van der Waals surface area contributed by atoms with Crippen molar-refractivity contribution in [1.29, 1.82) is 0 Å². The molecule has 0 saturated carbocycles. The maximum Gasteiger partial charge on any atom is 0.407 e. The Hall–Kier alpha value is -1.76. The van der Waals surface area contributed by atoms with Crippen LogP contribution in [0.5, 0.6) is 0 Å². The van der Waals surface area contributed by atoms with Crippen LogP contribution < -0.4 is 10.6 Å². The number of hydrogen-bond acceptors (Lipinski definition) is 3. The molecule has 0 saturated heterocycles. The summed E-state index contributed by atoms with van der Waals surface area (Å²) in [6, 6.07) is 8.17. The smallest absolute Gasteiger partial charge is 0.407 e. The van der Waals surface area contributed by atoms with Crippen LogP contribution in [0.1, 0.15) is 26.3 Å². The number of hydrogen-bond donors (Lipinski definition) is 2. The van der Waals surface area contributed by atoms with Crippen molar-refractivity contribution in [3.05, 3.63) is 34.3 Å². The molecule has 0 aliphatic carbocycles. The number of nitrogens with zero attached hydrogens (tertiary/aromatic N) is 2. The first-order valence-electron chi connectivity index (χ1n) is 7.84. The Bertz CT molecular complexity index is 553. The summed E-state index contributed by atoms with van der Waals surface area (Å²) < 4.78 is 6.24. The zero-order valence-electron chi connectivity index (χ0n) is 15.0. The van der Waals surface area contributed by atoms with Gasteiger partial charge in [-0.15, -0.1) is 0 Å². The summed E-state index contributed by atoms with van der Waals surface area (Å²) in [7, 11) is 3.71. The van der Waals surface area contributed by atoms with Crippen LogP contribution in [0.3, 0.4) is 0 Å². The zero-order chi connectivity index (χ0) is 18.2. The van der Waals surface area contributed by atoms with E-state index in [1.54, 1.807) is 7.05 Å². The number of guanidine groups is 1. The highest BCUT2D eigenvalue weighted by Gasteiger charge is 2.15. The van der Waals surface area contributed by atoms with Gasteiger partial charge in [-0.25, -0.2) is 4.79 Å². The van der Waals surface area contributed by atoms with Gasteiger partial charge in [0.1, 0.15) is 5.60 Å². The molecule has 0 unspecified atom stereocenters. The molecule has 1 amide bonds. The number of halogens is 1. The van der Waals surface area contributed by atoms with E-state index >= 15 is 0 Å². The van der Waals surface area contributed by atoms with Gasteiger partial charge >= 0.3 is 6.09 Å². The number of aliphatic imine (C=N–C) groups is 1. The standard InChI is InChI=1S/C17H27BrN4O2/c1-17(2,3)24-16(23)21-11-10-20-15(19-4)22(5)12-13-6-8-14(18)9-7-13/h6-9H,10-12H2,1-5H3,(H,19,20)(H,21,23). The molecular formula is C17H27BrN4O2. The first kappa shape index (κ1) is 20.3. The van der Waals surface area contributed by atoms with Gasteiger partial charge in [0.05, 0.1) is 0 Å². The van der Waals surface area contributed by atoms with Gasteiger partial charge in [-0.2, -0.15) is 0 Å². The minimum Gasteiger partial charge on any atom is -0.444 e. The second-order valence-electron chi connectivity index (χ2n) is 6.39. The lowest BCUT2D eigenvalue weighted by Crippen LogP contribution is -2.43. The number of benzene rings is 1. The summed E-state index contributed by atoms with van der Waals surface area (Å²) in [4.78, 5) is 17.9. The van der Waals surface area contributed by atoms with Gasteiger partial charge in [0.25, 0.3) is 0 Å².